The van der Waals surface area contributed by atoms with Crippen LogP contribution in [0.1, 0.15) is 25.3 Å². The van der Waals surface area contributed by atoms with Crippen molar-refractivity contribution >= 4 is 11.7 Å². The number of carbonyl (C=O) groups excluding carboxylic acids is 1. The lowest BCUT2D eigenvalue weighted by atomic mass is 9.86. The number of benzene rings is 1. The number of non-ortho nitro benzene ring substituents is 1. The molecule has 0 saturated heterocycles. The first-order chi connectivity index (χ1) is 11.0. The molecule has 1 aromatic rings. The number of ether oxygens (including phenoxy) is 1. The standard InChI is InChI=1S/C16H19N3O4/c1-3-23-16(20)15-13(7-10(2)18-14(15)9-17)11-5-4-6-12(8-11)19(21)22/h4-8,13,18H,3,9,17H2,1-2H3. The Kier molecular flexibility index (Phi) is 5.13. The van der Waals surface area contributed by atoms with Crippen molar-refractivity contribution in [3.8, 4) is 0 Å². The quantitative estimate of drug-likeness (QED) is 0.488. The average Bonchev–Trinajstić information content (AvgIpc) is 2.54. The van der Waals surface area contributed by atoms with E-state index in [4.69, 9.17) is 10.5 Å². The highest BCUT2D eigenvalue weighted by Gasteiger charge is 2.29. The molecule has 0 saturated carbocycles. The van der Waals surface area contributed by atoms with Crippen molar-refractivity contribution in [2.24, 2.45) is 5.73 Å². The van der Waals surface area contributed by atoms with Gasteiger partial charge in [0.25, 0.3) is 5.69 Å². The molecular formula is C16H19N3O4. The molecule has 1 aliphatic rings. The van der Waals surface area contributed by atoms with E-state index in [-0.39, 0.29) is 18.8 Å². The van der Waals surface area contributed by atoms with Crippen LogP contribution in [-0.4, -0.2) is 24.0 Å². The first kappa shape index (κ1) is 16.7. The number of nitro groups is 1. The van der Waals surface area contributed by atoms with E-state index in [0.717, 1.165) is 5.70 Å². The van der Waals surface area contributed by atoms with Crippen molar-refractivity contribution < 1.29 is 14.5 Å². The Morgan fingerprint density at radius 2 is 2.22 bits per heavy atom. The topological polar surface area (TPSA) is 107 Å². The van der Waals surface area contributed by atoms with Crippen molar-refractivity contribution in [3.05, 3.63) is 63.0 Å². The van der Waals surface area contributed by atoms with Crippen molar-refractivity contribution in [1.82, 2.24) is 5.32 Å². The van der Waals surface area contributed by atoms with Crippen LogP contribution in [-0.2, 0) is 9.53 Å². The van der Waals surface area contributed by atoms with Gasteiger partial charge in [-0.3, -0.25) is 10.1 Å². The number of nitrogens with zero attached hydrogens (tertiary/aromatic N) is 1. The number of hydrogen-bond donors (Lipinski definition) is 2. The van der Waals surface area contributed by atoms with Crippen LogP contribution in [0.4, 0.5) is 5.69 Å². The summed E-state index contributed by atoms with van der Waals surface area (Å²) >= 11 is 0. The zero-order valence-corrected chi connectivity index (χ0v) is 13.0. The first-order valence-corrected chi connectivity index (χ1v) is 7.28. The van der Waals surface area contributed by atoms with E-state index >= 15 is 0 Å². The summed E-state index contributed by atoms with van der Waals surface area (Å²) in [6, 6.07) is 6.23. The van der Waals surface area contributed by atoms with Gasteiger partial charge in [0.1, 0.15) is 0 Å². The third-order valence-electron chi connectivity index (χ3n) is 3.54. The average molecular weight is 317 g/mol. The van der Waals surface area contributed by atoms with Crippen molar-refractivity contribution in [2.75, 3.05) is 13.2 Å². The normalized spacial score (nSPS) is 17.3. The van der Waals surface area contributed by atoms with Gasteiger partial charge in [-0.15, -0.1) is 0 Å². The van der Waals surface area contributed by atoms with Gasteiger partial charge < -0.3 is 15.8 Å². The van der Waals surface area contributed by atoms with Crippen molar-refractivity contribution in [2.45, 2.75) is 19.8 Å². The fourth-order valence-corrected chi connectivity index (χ4v) is 2.58. The van der Waals surface area contributed by atoms with Gasteiger partial charge in [-0.1, -0.05) is 18.2 Å². The van der Waals surface area contributed by atoms with Crippen LogP contribution < -0.4 is 11.1 Å². The second kappa shape index (κ2) is 7.06. The van der Waals surface area contributed by atoms with Crippen LogP contribution in [0.25, 0.3) is 0 Å². The Labute approximate surface area is 134 Å². The monoisotopic (exact) mass is 317 g/mol. The van der Waals surface area contributed by atoms with Gasteiger partial charge in [0, 0.05) is 36.0 Å². The molecule has 2 rings (SSSR count). The zero-order chi connectivity index (χ0) is 17.0. The van der Waals surface area contributed by atoms with Gasteiger partial charge in [0.05, 0.1) is 17.1 Å². The van der Waals surface area contributed by atoms with Crippen LogP contribution in [0.5, 0.6) is 0 Å². The maximum atomic E-state index is 12.3. The molecule has 1 heterocycles. The number of allylic oxidation sites excluding steroid dienone is 2. The summed E-state index contributed by atoms with van der Waals surface area (Å²) in [4.78, 5) is 22.9. The summed E-state index contributed by atoms with van der Waals surface area (Å²) in [7, 11) is 0. The second-order valence-corrected chi connectivity index (χ2v) is 5.12. The number of nitrogens with two attached hydrogens (primary N) is 1. The maximum absolute atomic E-state index is 12.3. The predicted molar refractivity (Wildman–Crippen MR) is 85.4 cm³/mol. The smallest absolute Gasteiger partial charge is 0.336 e. The maximum Gasteiger partial charge on any atom is 0.336 e. The van der Waals surface area contributed by atoms with E-state index < -0.39 is 16.8 Å². The lowest BCUT2D eigenvalue weighted by Crippen LogP contribution is -2.30. The van der Waals surface area contributed by atoms with Gasteiger partial charge in [-0.2, -0.15) is 0 Å². The number of nitrogens with one attached hydrogen (secondary N) is 1. The number of carbonyl (C=O) groups is 1. The van der Waals surface area contributed by atoms with E-state index in [1.807, 2.05) is 13.0 Å². The summed E-state index contributed by atoms with van der Waals surface area (Å²) in [5, 5.41) is 14.1. The minimum Gasteiger partial charge on any atom is -0.463 e. The molecule has 7 nitrogen and oxygen atoms in total. The first-order valence-electron chi connectivity index (χ1n) is 7.28. The molecule has 0 fully saturated rings. The number of nitro benzene ring substituents is 1. The molecule has 0 aromatic heterocycles. The molecule has 1 unspecified atom stereocenters. The lowest BCUT2D eigenvalue weighted by Gasteiger charge is -2.26. The molecule has 1 atom stereocenters. The number of hydrogen-bond acceptors (Lipinski definition) is 6. The zero-order valence-electron chi connectivity index (χ0n) is 13.0. The highest BCUT2D eigenvalue weighted by atomic mass is 16.6. The molecular weight excluding hydrogens is 298 g/mol. The van der Waals surface area contributed by atoms with Crippen molar-refractivity contribution in [1.29, 1.82) is 0 Å². The Hall–Kier alpha value is -2.67. The van der Waals surface area contributed by atoms with Gasteiger partial charge >= 0.3 is 5.97 Å². The third kappa shape index (κ3) is 3.57. The van der Waals surface area contributed by atoms with E-state index in [0.29, 0.717) is 16.8 Å². The summed E-state index contributed by atoms with van der Waals surface area (Å²) in [5.41, 5.74) is 8.16. The minimum atomic E-state index is -0.472. The van der Waals surface area contributed by atoms with E-state index in [2.05, 4.69) is 5.32 Å². The predicted octanol–water partition coefficient (Wildman–Crippen LogP) is 1.96. The molecule has 0 radical (unpaired) electrons. The minimum absolute atomic E-state index is 0.0235. The molecule has 0 spiro atoms. The Morgan fingerprint density at radius 3 is 2.83 bits per heavy atom. The van der Waals surface area contributed by atoms with Crippen molar-refractivity contribution in [3.63, 3.8) is 0 Å². The SMILES string of the molecule is CCOC(=O)C1=C(CN)NC(C)=CC1c1cccc([N+](=O)[O-])c1. The fourth-order valence-electron chi connectivity index (χ4n) is 2.58. The summed E-state index contributed by atoms with van der Waals surface area (Å²) in [6.07, 6.45) is 1.84. The number of rotatable bonds is 5. The highest BCUT2D eigenvalue weighted by Crippen LogP contribution is 2.34. The molecule has 0 aliphatic carbocycles. The third-order valence-corrected chi connectivity index (χ3v) is 3.54. The molecule has 23 heavy (non-hydrogen) atoms. The molecule has 1 aromatic carbocycles. The van der Waals surface area contributed by atoms with Gasteiger partial charge in [-0.05, 0) is 19.4 Å². The highest BCUT2D eigenvalue weighted by molar-refractivity contribution is 5.92. The van der Waals surface area contributed by atoms with Crippen LogP contribution in [0.3, 0.4) is 0 Å². The van der Waals surface area contributed by atoms with Crippen LogP contribution >= 0.6 is 0 Å². The largest absolute Gasteiger partial charge is 0.463 e. The molecule has 0 amide bonds. The van der Waals surface area contributed by atoms with Crippen LogP contribution in [0.2, 0.25) is 0 Å². The fraction of sp³-hybridized carbons (Fsp3) is 0.312. The Bertz CT molecular complexity index is 694. The number of esters is 1. The second-order valence-electron chi connectivity index (χ2n) is 5.12. The molecule has 0 bridgehead atoms. The molecule has 1 aliphatic heterocycles. The van der Waals surface area contributed by atoms with Gasteiger partial charge in [0.2, 0.25) is 0 Å². The Balaban J connectivity index is 2.53. The lowest BCUT2D eigenvalue weighted by molar-refractivity contribution is -0.384. The summed E-state index contributed by atoms with van der Waals surface area (Å²) in [5.74, 6) is -0.908. The number of dihydropyridines is 1. The van der Waals surface area contributed by atoms with E-state index in [1.54, 1.807) is 19.1 Å². The van der Waals surface area contributed by atoms with Crippen LogP contribution in [0, 0.1) is 10.1 Å². The van der Waals surface area contributed by atoms with Gasteiger partial charge in [-0.25, -0.2) is 4.79 Å². The summed E-state index contributed by atoms with van der Waals surface area (Å²) in [6.45, 7) is 3.96. The van der Waals surface area contributed by atoms with E-state index in [1.165, 1.54) is 12.1 Å². The molecule has 122 valence electrons. The van der Waals surface area contributed by atoms with Gasteiger partial charge in [0.15, 0.2) is 0 Å². The Morgan fingerprint density at radius 1 is 1.48 bits per heavy atom. The van der Waals surface area contributed by atoms with Crippen LogP contribution in [0.15, 0.2) is 47.3 Å². The van der Waals surface area contributed by atoms with E-state index in [9.17, 15) is 14.9 Å². The summed E-state index contributed by atoms with van der Waals surface area (Å²) < 4.78 is 5.12. The molecule has 7 heteroatoms. The molecule has 3 N–H and O–H groups in total.